The van der Waals surface area contributed by atoms with Gasteiger partial charge in [-0.05, 0) is 114 Å². The summed E-state index contributed by atoms with van der Waals surface area (Å²) < 4.78 is 0. The highest BCUT2D eigenvalue weighted by molar-refractivity contribution is 6.68. The first-order chi connectivity index (χ1) is 28.9. The maximum atomic E-state index is 12.8. The van der Waals surface area contributed by atoms with Crippen LogP contribution in [0.4, 0.5) is 0 Å². The fraction of sp³-hybridized carbons (Fsp3) is 0.0182. The molecule has 2 nitrogen and oxygen atoms in total. The van der Waals surface area contributed by atoms with Gasteiger partial charge in [0.1, 0.15) is 0 Å². The van der Waals surface area contributed by atoms with Crippen LogP contribution in [0.2, 0.25) is 0 Å². The van der Waals surface area contributed by atoms with Gasteiger partial charge >= 0.3 is 0 Å². The molecule has 0 bridgehead atoms. The van der Waals surface area contributed by atoms with Crippen molar-refractivity contribution in [2.24, 2.45) is 0 Å². The predicted octanol–water partition coefficient (Wildman–Crippen LogP) is 13.4. The van der Waals surface area contributed by atoms with Crippen molar-refractivity contribution in [3.8, 4) is 80.3 Å². The van der Waals surface area contributed by atoms with Gasteiger partial charge < -0.3 is 0 Å². The van der Waals surface area contributed by atoms with Crippen molar-refractivity contribution in [2.75, 3.05) is 0 Å². The molecule has 1 aliphatic carbocycles. The Morgan fingerprint density at radius 1 is 0.390 bits per heavy atom. The third-order valence-electron chi connectivity index (χ3n) is 11.4. The van der Waals surface area contributed by atoms with E-state index in [9.17, 15) is 9.59 Å². The average Bonchev–Trinajstić information content (AvgIpc) is 3.58. The molecule has 0 fully saturated rings. The van der Waals surface area contributed by atoms with Gasteiger partial charge in [-0.1, -0.05) is 170 Å². The highest BCUT2D eigenvalue weighted by Gasteiger charge is 2.49. The molecule has 0 N–H and O–H groups in total. The smallest absolute Gasteiger partial charge is 0.252 e. The van der Waals surface area contributed by atoms with E-state index < -0.39 is 15.9 Å². The fourth-order valence-corrected chi connectivity index (χ4v) is 9.19. The van der Waals surface area contributed by atoms with Crippen LogP contribution < -0.4 is 0 Å². The summed E-state index contributed by atoms with van der Waals surface area (Å²) in [6, 6.07) is 60.1. The van der Waals surface area contributed by atoms with Gasteiger partial charge in [0.25, 0.3) is 10.5 Å². The van der Waals surface area contributed by atoms with E-state index in [1.54, 1.807) is 24.3 Å². The maximum absolute atomic E-state index is 12.8. The predicted molar refractivity (Wildman–Crippen MR) is 242 cm³/mol. The van der Waals surface area contributed by atoms with Crippen molar-refractivity contribution in [3.05, 3.63) is 226 Å². The van der Waals surface area contributed by atoms with Gasteiger partial charge in [0, 0.05) is 33.4 Å². The van der Waals surface area contributed by atoms with E-state index in [4.69, 9.17) is 36.0 Å². The summed E-state index contributed by atoms with van der Waals surface area (Å²) in [6.45, 7) is 0. The lowest BCUT2D eigenvalue weighted by molar-refractivity contribution is 0.107. The molecule has 0 amide bonds. The normalized spacial score (nSPS) is 12.1. The van der Waals surface area contributed by atoms with Crippen LogP contribution in [-0.2, 0) is 5.41 Å². The summed E-state index contributed by atoms with van der Waals surface area (Å²) in [5.74, 6) is 6.37. The Hall–Kier alpha value is -7.20. The van der Waals surface area contributed by atoms with E-state index in [0.29, 0.717) is 33.4 Å². The first-order valence-corrected chi connectivity index (χ1v) is 19.8. The molecule has 8 aromatic carbocycles. The van der Waals surface area contributed by atoms with Crippen molar-refractivity contribution in [3.63, 3.8) is 0 Å². The molecular weight excluding hydrogens is 764 g/mol. The number of benzene rings is 8. The number of hydrogen-bond donors (Lipinski definition) is 0. The molecule has 0 spiro atoms. The van der Waals surface area contributed by atoms with Gasteiger partial charge in [0.2, 0.25) is 0 Å². The summed E-state index contributed by atoms with van der Waals surface area (Å²) in [5, 5.41) is -1.22. The molecule has 4 heteroatoms. The largest absolute Gasteiger partial charge is 0.276 e. The van der Waals surface area contributed by atoms with Crippen molar-refractivity contribution >= 4 is 33.7 Å². The molecule has 0 heterocycles. The number of carbonyl (C=O) groups excluding carboxylic acids is 2. The van der Waals surface area contributed by atoms with Crippen molar-refractivity contribution in [1.82, 2.24) is 0 Å². The Morgan fingerprint density at radius 2 is 0.712 bits per heavy atom. The number of fused-ring (bicyclic) bond motifs is 3. The Balaban J connectivity index is 1.51. The summed E-state index contributed by atoms with van der Waals surface area (Å²) in [6.07, 6.45) is 13.6. The number of halogens is 2. The van der Waals surface area contributed by atoms with E-state index >= 15 is 0 Å². The van der Waals surface area contributed by atoms with Gasteiger partial charge in [-0.2, -0.15) is 0 Å². The highest BCUT2D eigenvalue weighted by Crippen LogP contribution is 2.60. The zero-order chi connectivity index (χ0) is 40.7. The molecule has 0 radical (unpaired) electrons. The lowest BCUT2D eigenvalue weighted by Crippen LogP contribution is -2.31. The standard InChI is InChI=1S/C55H32Cl2O2/c1-3-41-47(31-27-43(35-17-9-5-10-18-35)51(41)37-21-13-7-14-22-37)55(49-29-25-39(53(56)58)33-45(49)46-34-40(54(57)59)26-30-50(46)55)48-32-28-44(36-19-11-6-12-20-36)52(42(48)4-2)38-23-15-8-16-24-38/h1-2,5-34H. The summed E-state index contributed by atoms with van der Waals surface area (Å²) in [5.41, 5.74) is 13.0. The Labute approximate surface area is 353 Å². The molecule has 0 unspecified atom stereocenters. The van der Waals surface area contributed by atoms with E-state index in [1.807, 2.05) is 84.9 Å². The van der Waals surface area contributed by atoms with E-state index in [1.165, 1.54) is 0 Å². The van der Waals surface area contributed by atoms with Gasteiger partial charge in [-0.3, -0.25) is 9.59 Å². The Bertz CT molecular complexity index is 2840. The zero-order valence-corrected chi connectivity index (χ0v) is 33.1. The van der Waals surface area contributed by atoms with Gasteiger partial charge in [-0.25, -0.2) is 0 Å². The Kier molecular flexibility index (Phi) is 9.68. The minimum Gasteiger partial charge on any atom is -0.276 e. The Morgan fingerprint density at radius 3 is 1.03 bits per heavy atom. The molecule has 8 aromatic rings. The molecule has 0 aromatic heterocycles. The van der Waals surface area contributed by atoms with Crippen LogP contribution in [0.1, 0.15) is 54.1 Å². The van der Waals surface area contributed by atoms with E-state index in [-0.39, 0.29) is 0 Å². The number of carbonyl (C=O) groups is 2. The maximum Gasteiger partial charge on any atom is 0.252 e. The van der Waals surface area contributed by atoms with E-state index in [2.05, 4.69) is 84.6 Å². The second-order valence-corrected chi connectivity index (χ2v) is 15.1. The second-order valence-electron chi connectivity index (χ2n) is 14.4. The highest BCUT2D eigenvalue weighted by atomic mass is 35.5. The molecule has 0 aliphatic heterocycles. The number of rotatable bonds is 8. The van der Waals surface area contributed by atoms with Crippen LogP contribution in [0.25, 0.3) is 55.6 Å². The molecule has 0 saturated heterocycles. The first-order valence-electron chi connectivity index (χ1n) is 19.1. The summed E-state index contributed by atoms with van der Waals surface area (Å²) >= 11 is 12.4. The van der Waals surface area contributed by atoms with E-state index in [0.717, 1.165) is 66.8 Å². The fourth-order valence-electron chi connectivity index (χ4n) is 8.96. The number of hydrogen-bond acceptors (Lipinski definition) is 2. The van der Waals surface area contributed by atoms with Crippen LogP contribution in [0.15, 0.2) is 182 Å². The quantitative estimate of drug-likeness (QED) is 0.113. The monoisotopic (exact) mass is 794 g/mol. The lowest BCUT2D eigenvalue weighted by atomic mass is 9.63. The van der Waals surface area contributed by atoms with Crippen LogP contribution >= 0.6 is 23.2 Å². The molecule has 9 rings (SSSR count). The van der Waals surface area contributed by atoms with Gasteiger partial charge in [0.05, 0.1) is 5.41 Å². The van der Waals surface area contributed by atoms with Crippen LogP contribution in [0.5, 0.6) is 0 Å². The molecule has 0 saturated carbocycles. The molecule has 0 atom stereocenters. The van der Waals surface area contributed by atoms with Crippen LogP contribution in [0.3, 0.4) is 0 Å². The summed E-state index contributed by atoms with van der Waals surface area (Å²) in [4.78, 5) is 25.6. The lowest BCUT2D eigenvalue weighted by Gasteiger charge is -2.37. The zero-order valence-electron chi connectivity index (χ0n) is 31.5. The van der Waals surface area contributed by atoms with Gasteiger partial charge in [0.15, 0.2) is 0 Å². The molecule has 278 valence electrons. The van der Waals surface area contributed by atoms with Crippen molar-refractivity contribution < 1.29 is 9.59 Å². The third-order valence-corrected chi connectivity index (χ3v) is 11.8. The van der Waals surface area contributed by atoms with Crippen molar-refractivity contribution in [2.45, 2.75) is 5.41 Å². The summed E-state index contributed by atoms with van der Waals surface area (Å²) in [7, 11) is 0. The first kappa shape index (κ1) is 37.4. The molecule has 59 heavy (non-hydrogen) atoms. The molecule has 1 aliphatic rings. The SMILES string of the molecule is C#Cc1c(C2(c3ccc(-c4ccccc4)c(-c4ccccc4)c3C#C)c3ccc(C(=O)Cl)cc3-c3cc(C(=O)Cl)ccc32)ccc(-c2ccccc2)c1-c1ccccc1. The minimum absolute atomic E-state index is 0.304. The van der Waals surface area contributed by atoms with Crippen molar-refractivity contribution in [1.29, 1.82) is 0 Å². The van der Waals surface area contributed by atoms with Gasteiger partial charge in [-0.15, -0.1) is 12.8 Å². The average molecular weight is 796 g/mol. The van der Waals surface area contributed by atoms with Crippen LogP contribution in [0, 0.1) is 24.7 Å². The van der Waals surface area contributed by atoms with Crippen LogP contribution in [-0.4, -0.2) is 10.5 Å². The minimum atomic E-state index is -1.19. The topological polar surface area (TPSA) is 34.1 Å². The number of terminal acetylenes is 2. The second kappa shape index (κ2) is 15.3. The third kappa shape index (κ3) is 6.10. The molecular formula is C55H32Cl2O2.